The molecule has 0 aromatic heterocycles. The molecule has 0 spiro atoms. The van der Waals surface area contributed by atoms with Crippen molar-refractivity contribution in [1.29, 1.82) is 0 Å². The van der Waals surface area contributed by atoms with Crippen LogP contribution in [-0.4, -0.2) is 24.3 Å². The van der Waals surface area contributed by atoms with Gasteiger partial charge in [-0.2, -0.15) is 0 Å². The molecular weight excluding hydrogens is 452 g/mol. The molecule has 1 aliphatic heterocycles. The predicted molar refractivity (Wildman–Crippen MR) is 159 cm³/mol. The Morgan fingerprint density at radius 3 is 2.62 bits per heavy atom. The molecule has 3 nitrogen and oxygen atoms in total. The SMILES string of the molecule is C=C1CCCC(C(/C=C\C2=NC(C(/C=C3/C(C)=C=C(C)C(C)=CC3C)=N/C)=CC(=O)C(=C)C2)=C/C)CC1. The van der Waals surface area contributed by atoms with Crippen LogP contribution in [0.2, 0.25) is 0 Å². The summed E-state index contributed by atoms with van der Waals surface area (Å²) in [4.78, 5) is 22.4. The fourth-order valence-electron chi connectivity index (χ4n) is 5.25. The summed E-state index contributed by atoms with van der Waals surface area (Å²) in [6.45, 7) is 18.8. The van der Waals surface area contributed by atoms with Gasteiger partial charge in [0, 0.05) is 31.2 Å². The van der Waals surface area contributed by atoms with Crippen LogP contribution in [0.25, 0.3) is 0 Å². The molecule has 0 N–H and O–H groups in total. The predicted octanol–water partition coefficient (Wildman–Crippen LogP) is 8.56. The minimum Gasteiger partial charge on any atom is -0.290 e. The van der Waals surface area contributed by atoms with Crippen molar-refractivity contribution in [3.05, 3.63) is 100 Å². The first kappa shape index (κ1) is 28.3. The van der Waals surface area contributed by atoms with E-state index in [1.165, 1.54) is 29.6 Å². The van der Waals surface area contributed by atoms with Gasteiger partial charge in [0.25, 0.3) is 0 Å². The molecule has 0 aromatic carbocycles. The van der Waals surface area contributed by atoms with Gasteiger partial charge in [0.1, 0.15) is 0 Å². The minimum atomic E-state index is -0.0945. The molecule has 0 bridgehead atoms. The molecule has 2 unspecified atom stereocenters. The van der Waals surface area contributed by atoms with E-state index in [-0.39, 0.29) is 11.7 Å². The van der Waals surface area contributed by atoms with Crippen molar-refractivity contribution >= 4 is 17.2 Å². The van der Waals surface area contributed by atoms with E-state index >= 15 is 0 Å². The summed E-state index contributed by atoms with van der Waals surface area (Å²) in [6, 6.07) is 0. The monoisotopic (exact) mass is 494 g/mol. The number of aliphatic imine (C=N–C) groups is 2. The third-order valence-corrected chi connectivity index (χ3v) is 7.66. The van der Waals surface area contributed by atoms with E-state index in [0.717, 1.165) is 41.7 Å². The highest BCUT2D eigenvalue weighted by atomic mass is 16.1. The smallest absolute Gasteiger partial charge is 0.183 e. The number of nitrogens with zero attached hydrogens (tertiary/aromatic N) is 2. The zero-order chi connectivity index (χ0) is 27.1. The van der Waals surface area contributed by atoms with Crippen LogP contribution >= 0.6 is 0 Å². The summed E-state index contributed by atoms with van der Waals surface area (Å²) in [5.41, 5.74) is 13.4. The van der Waals surface area contributed by atoms with E-state index in [1.807, 2.05) is 0 Å². The highest BCUT2D eigenvalue weighted by molar-refractivity contribution is 6.19. The van der Waals surface area contributed by atoms with E-state index in [1.54, 1.807) is 13.1 Å². The molecule has 37 heavy (non-hydrogen) atoms. The number of allylic oxidation sites excluding steroid dienone is 12. The largest absolute Gasteiger partial charge is 0.290 e. The lowest BCUT2D eigenvalue weighted by atomic mass is 9.90. The highest BCUT2D eigenvalue weighted by Gasteiger charge is 2.20. The summed E-state index contributed by atoms with van der Waals surface area (Å²) in [5.74, 6) is 0.640. The maximum Gasteiger partial charge on any atom is 0.183 e. The molecule has 0 saturated heterocycles. The van der Waals surface area contributed by atoms with Gasteiger partial charge in [-0.15, -0.1) is 5.73 Å². The van der Waals surface area contributed by atoms with Crippen LogP contribution in [0.1, 0.15) is 73.1 Å². The minimum absolute atomic E-state index is 0.0945. The van der Waals surface area contributed by atoms with Gasteiger partial charge in [0.2, 0.25) is 0 Å². The van der Waals surface area contributed by atoms with E-state index < -0.39 is 0 Å². The van der Waals surface area contributed by atoms with Crippen LogP contribution in [0.3, 0.4) is 0 Å². The molecule has 3 heteroatoms. The maximum absolute atomic E-state index is 12.9. The van der Waals surface area contributed by atoms with Gasteiger partial charge in [0.05, 0.1) is 11.4 Å². The number of hydrogen-bond acceptors (Lipinski definition) is 3. The second-order valence-corrected chi connectivity index (χ2v) is 10.5. The summed E-state index contributed by atoms with van der Waals surface area (Å²) in [5, 5.41) is 0. The van der Waals surface area contributed by atoms with Gasteiger partial charge >= 0.3 is 0 Å². The number of rotatable bonds is 5. The van der Waals surface area contributed by atoms with E-state index in [9.17, 15) is 4.79 Å². The van der Waals surface area contributed by atoms with Crippen LogP contribution < -0.4 is 0 Å². The third kappa shape index (κ3) is 7.37. The number of carbonyl (C=O) groups is 1. The van der Waals surface area contributed by atoms with E-state index in [2.05, 4.69) is 88.9 Å². The molecule has 1 fully saturated rings. The van der Waals surface area contributed by atoms with Crippen molar-refractivity contribution in [2.45, 2.75) is 73.1 Å². The molecule has 1 saturated carbocycles. The Bertz CT molecular complexity index is 1260. The van der Waals surface area contributed by atoms with Gasteiger partial charge in [-0.3, -0.25) is 14.8 Å². The summed E-state index contributed by atoms with van der Waals surface area (Å²) < 4.78 is 0. The Morgan fingerprint density at radius 2 is 1.92 bits per heavy atom. The lowest BCUT2D eigenvalue weighted by Crippen LogP contribution is -2.06. The lowest BCUT2D eigenvalue weighted by molar-refractivity contribution is -0.111. The summed E-state index contributed by atoms with van der Waals surface area (Å²) in [7, 11) is 1.75. The van der Waals surface area contributed by atoms with Crippen molar-refractivity contribution in [2.75, 3.05) is 7.05 Å². The quantitative estimate of drug-likeness (QED) is 0.0942. The normalized spacial score (nSPS) is 25.7. The summed E-state index contributed by atoms with van der Waals surface area (Å²) >= 11 is 0. The number of hydrogen-bond donors (Lipinski definition) is 0. The average Bonchev–Trinajstić information content (AvgIpc) is 3.19. The molecule has 0 aromatic rings. The molecule has 3 rings (SSSR count). The van der Waals surface area contributed by atoms with Crippen LogP contribution in [0.4, 0.5) is 0 Å². The molecule has 2 atom stereocenters. The van der Waals surface area contributed by atoms with Crippen molar-refractivity contribution in [1.82, 2.24) is 0 Å². The topological polar surface area (TPSA) is 41.8 Å². The maximum atomic E-state index is 12.9. The third-order valence-electron chi connectivity index (χ3n) is 7.66. The van der Waals surface area contributed by atoms with Gasteiger partial charge in [-0.1, -0.05) is 43.9 Å². The molecule has 2 aliphatic carbocycles. The molecule has 194 valence electrons. The van der Waals surface area contributed by atoms with Crippen LogP contribution in [0.15, 0.2) is 110 Å². The molecule has 0 amide bonds. The number of carbonyl (C=O) groups excluding carboxylic acids is 1. The second-order valence-electron chi connectivity index (χ2n) is 10.5. The first-order valence-electron chi connectivity index (χ1n) is 13.5. The Kier molecular flexibility index (Phi) is 9.78. The van der Waals surface area contributed by atoms with Gasteiger partial charge in [0.15, 0.2) is 5.78 Å². The van der Waals surface area contributed by atoms with Crippen LogP contribution in [0.5, 0.6) is 0 Å². The van der Waals surface area contributed by atoms with Crippen molar-refractivity contribution in [3.63, 3.8) is 0 Å². The molecule has 0 radical (unpaired) electrons. The molecule has 3 aliphatic rings. The zero-order valence-corrected chi connectivity index (χ0v) is 23.6. The second kappa shape index (κ2) is 12.8. The highest BCUT2D eigenvalue weighted by Crippen LogP contribution is 2.32. The standard InChI is InChI=1S/C34H42N2O/c1-9-28(29-12-10-11-22(2)13-14-29)15-16-30-19-27(7)34(37)21-33(36-30)32(35-8)20-31-25(5)17-23(3)24(4)18-26(31)6/h9,15-17,20-21,25,29H,2,7,10-14,19H2,1,3-6,8H3/b16-15-,28-9+,31-20+,35-32+. The number of ketones is 1. The Hall–Kier alpha value is -3.29. The summed E-state index contributed by atoms with van der Waals surface area (Å²) in [6.07, 6.45) is 18.5. The van der Waals surface area contributed by atoms with Gasteiger partial charge in [-0.25, -0.2) is 0 Å². The van der Waals surface area contributed by atoms with Crippen LogP contribution in [-0.2, 0) is 4.79 Å². The first-order valence-corrected chi connectivity index (χ1v) is 13.5. The van der Waals surface area contributed by atoms with Gasteiger partial charge in [-0.05, 0) is 111 Å². The fourth-order valence-corrected chi connectivity index (χ4v) is 5.25. The Balaban J connectivity index is 1.96. The van der Waals surface area contributed by atoms with Crippen LogP contribution in [0, 0.1) is 11.8 Å². The molecule has 1 heterocycles. The van der Waals surface area contributed by atoms with Gasteiger partial charge < -0.3 is 0 Å². The zero-order valence-electron chi connectivity index (χ0n) is 23.6. The average molecular weight is 495 g/mol. The van der Waals surface area contributed by atoms with E-state index in [0.29, 0.717) is 29.3 Å². The molecular formula is C34H42N2O. The lowest BCUT2D eigenvalue weighted by Gasteiger charge is -2.15. The first-order chi connectivity index (χ1) is 17.6. The van der Waals surface area contributed by atoms with Crippen molar-refractivity contribution < 1.29 is 4.79 Å². The Morgan fingerprint density at radius 1 is 1.16 bits per heavy atom. The Labute approximate surface area is 224 Å². The fraction of sp³-hybridized carbons (Fsp3) is 0.412. The van der Waals surface area contributed by atoms with E-state index in [4.69, 9.17) is 4.99 Å². The van der Waals surface area contributed by atoms with Crippen molar-refractivity contribution in [3.8, 4) is 0 Å². The van der Waals surface area contributed by atoms with Crippen molar-refractivity contribution in [2.24, 2.45) is 21.8 Å².